The first-order chi connectivity index (χ1) is 9.30. The highest BCUT2D eigenvalue weighted by atomic mass is 16.5. The first-order valence-corrected chi connectivity index (χ1v) is 7.24. The number of hydrogen-bond donors (Lipinski definition) is 1. The molecule has 0 spiro atoms. The molecule has 0 aliphatic carbocycles. The van der Waals surface area contributed by atoms with Gasteiger partial charge in [-0.3, -0.25) is 4.68 Å². The van der Waals surface area contributed by atoms with E-state index in [9.17, 15) is 0 Å². The Morgan fingerprint density at radius 1 is 1.58 bits per heavy atom. The third-order valence-corrected chi connectivity index (χ3v) is 3.67. The maximum atomic E-state index is 5.76. The number of nitrogens with one attached hydrogen (secondary N) is 1. The summed E-state index contributed by atoms with van der Waals surface area (Å²) in [7, 11) is 1.70. The van der Waals surface area contributed by atoms with E-state index in [0.717, 1.165) is 44.0 Å². The highest BCUT2D eigenvalue weighted by Crippen LogP contribution is 2.31. The smallest absolute Gasteiger partial charge is 0.161 e. The van der Waals surface area contributed by atoms with E-state index in [2.05, 4.69) is 24.3 Å². The summed E-state index contributed by atoms with van der Waals surface area (Å²) in [5.41, 5.74) is 1.14. The largest absolute Gasteiger partial charge is 0.493 e. The van der Waals surface area contributed by atoms with E-state index in [1.807, 2.05) is 4.68 Å². The number of methoxy groups -OCH3 is 1. The van der Waals surface area contributed by atoms with Gasteiger partial charge in [-0.1, -0.05) is 6.92 Å². The fourth-order valence-electron chi connectivity index (χ4n) is 2.77. The molecule has 0 amide bonds. The van der Waals surface area contributed by atoms with Crippen LogP contribution < -0.4 is 10.1 Å². The monoisotopic (exact) mass is 267 g/mol. The molecule has 2 atom stereocenters. The minimum absolute atomic E-state index is 0.241. The molecule has 1 saturated heterocycles. The van der Waals surface area contributed by atoms with Crippen molar-refractivity contribution in [3.8, 4) is 5.75 Å². The molecular formula is C14H25N3O2. The van der Waals surface area contributed by atoms with E-state index in [1.54, 1.807) is 13.3 Å². The Bertz CT molecular complexity index is 365. The van der Waals surface area contributed by atoms with Crippen LogP contribution >= 0.6 is 0 Å². The lowest BCUT2D eigenvalue weighted by Crippen LogP contribution is -2.28. The molecule has 2 heterocycles. The normalized spacial score (nSPS) is 20.7. The summed E-state index contributed by atoms with van der Waals surface area (Å²) in [4.78, 5) is 0. The highest BCUT2D eigenvalue weighted by molar-refractivity contribution is 5.28. The SMILES string of the molecule is CCNC(CC1CCCO1)c1c(OC)cnn1CC. The second kappa shape index (κ2) is 6.91. The molecule has 0 aromatic carbocycles. The number of ether oxygens (including phenoxy) is 2. The molecule has 2 unspecified atom stereocenters. The zero-order valence-corrected chi connectivity index (χ0v) is 12.2. The van der Waals surface area contributed by atoms with E-state index in [4.69, 9.17) is 9.47 Å². The lowest BCUT2D eigenvalue weighted by atomic mass is 10.0. The molecule has 5 nitrogen and oxygen atoms in total. The van der Waals surface area contributed by atoms with Crippen LogP contribution in [0.5, 0.6) is 5.75 Å². The molecule has 1 aromatic heterocycles. The fraction of sp³-hybridized carbons (Fsp3) is 0.786. The van der Waals surface area contributed by atoms with Gasteiger partial charge >= 0.3 is 0 Å². The van der Waals surface area contributed by atoms with Crippen LogP contribution in [0.1, 0.15) is 44.8 Å². The maximum absolute atomic E-state index is 5.76. The average molecular weight is 267 g/mol. The first-order valence-electron chi connectivity index (χ1n) is 7.24. The summed E-state index contributed by atoms with van der Waals surface area (Å²) >= 11 is 0. The van der Waals surface area contributed by atoms with Crippen molar-refractivity contribution in [2.75, 3.05) is 20.3 Å². The van der Waals surface area contributed by atoms with Crippen LogP contribution in [0.25, 0.3) is 0 Å². The molecule has 1 N–H and O–H groups in total. The Kier molecular flexibility index (Phi) is 5.22. The topological polar surface area (TPSA) is 48.3 Å². The van der Waals surface area contributed by atoms with Crippen LogP contribution in [0.4, 0.5) is 0 Å². The van der Waals surface area contributed by atoms with Gasteiger partial charge in [-0.05, 0) is 32.7 Å². The van der Waals surface area contributed by atoms with E-state index in [0.29, 0.717) is 6.10 Å². The second-order valence-electron chi connectivity index (χ2n) is 4.89. The van der Waals surface area contributed by atoms with Crippen molar-refractivity contribution < 1.29 is 9.47 Å². The van der Waals surface area contributed by atoms with Gasteiger partial charge in [-0.2, -0.15) is 5.10 Å². The summed E-state index contributed by atoms with van der Waals surface area (Å²) < 4.78 is 13.2. The Labute approximate surface area is 115 Å². The van der Waals surface area contributed by atoms with Gasteiger partial charge in [0, 0.05) is 13.2 Å². The number of nitrogens with zero attached hydrogens (tertiary/aromatic N) is 2. The summed E-state index contributed by atoms with van der Waals surface area (Å²) in [6, 6.07) is 0.241. The van der Waals surface area contributed by atoms with Gasteiger partial charge in [-0.15, -0.1) is 0 Å². The molecule has 0 saturated carbocycles. The first kappa shape index (κ1) is 14.3. The predicted octanol–water partition coefficient (Wildman–Crippen LogP) is 2.13. The van der Waals surface area contributed by atoms with E-state index < -0.39 is 0 Å². The molecule has 5 heteroatoms. The van der Waals surface area contributed by atoms with Gasteiger partial charge in [0.1, 0.15) is 0 Å². The van der Waals surface area contributed by atoms with E-state index >= 15 is 0 Å². The van der Waals surface area contributed by atoms with Crippen molar-refractivity contribution in [1.29, 1.82) is 0 Å². The Hall–Kier alpha value is -1.07. The lowest BCUT2D eigenvalue weighted by molar-refractivity contribution is 0.0935. The fourth-order valence-corrected chi connectivity index (χ4v) is 2.77. The quantitative estimate of drug-likeness (QED) is 0.822. The summed E-state index contributed by atoms with van der Waals surface area (Å²) in [6.07, 6.45) is 5.47. The summed E-state index contributed by atoms with van der Waals surface area (Å²) in [6.45, 7) is 6.90. The number of hydrogen-bond acceptors (Lipinski definition) is 4. The number of rotatable bonds is 7. The van der Waals surface area contributed by atoms with Crippen LogP contribution in [0.3, 0.4) is 0 Å². The average Bonchev–Trinajstić information content (AvgIpc) is 3.06. The van der Waals surface area contributed by atoms with Gasteiger partial charge in [0.25, 0.3) is 0 Å². The molecule has 0 bridgehead atoms. The Morgan fingerprint density at radius 3 is 3.00 bits per heavy atom. The van der Waals surface area contributed by atoms with Gasteiger partial charge < -0.3 is 14.8 Å². The van der Waals surface area contributed by atoms with Gasteiger partial charge in [0.15, 0.2) is 5.75 Å². The standard InChI is InChI=1S/C14H25N3O2/c1-4-15-12(9-11-7-6-8-19-11)14-13(18-3)10-16-17(14)5-2/h10-12,15H,4-9H2,1-3H3. The van der Waals surface area contributed by atoms with Crippen molar-refractivity contribution in [3.63, 3.8) is 0 Å². The molecule has 1 aliphatic rings. The predicted molar refractivity (Wildman–Crippen MR) is 74.5 cm³/mol. The Balaban J connectivity index is 2.18. The van der Waals surface area contributed by atoms with Crippen molar-refractivity contribution >= 4 is 0 Å². The van der Waals surface area contributed by atoms with Crippen LogP contribution in [0.2, 0.25) is 0 Å². The van der Waals surface area contributed by atoms with Crippen LogP contribution in [0, 0.1) is 0 Å². The maximum Gasteiger partial charge on any atom is 0.161 e. The number of aromatic nitrogens is 2. The third-order valence-electron chi connectivity index (χ3n) is 3.67. The highest BCUT2D eigenvalue weighted by Gasteiger charge is 2.26. The summed E-state index contributed by atoms with van der Waals surface area (Å²) in [5, 5.41) is 7.93. The molecule has 2 rings (SSSR count). The third kappa shape index (κ3) is 3.28. The van der Waals surface area contributed by atoms with Gasteiger partial charge in [0.2, 0.25) is 0 Å². The van der Waals surface area contributed by atoms with Gasteiger partial charge in [0.05, 0.1) is 31.1 Å². The van der Waals surface area contributed by atoms with Crippen LogP contribution in [0.15, 0.2) is 6.20 Å². The second-order valence-corrected chi connectivity index (χ2v) is 4.89. The van der Waals surface area contributed by atoms with E-state index in [1.165, 1.54) is 6.42 Å². The molecular weight excluding hydrogens is 242 g/mol. The zero-order valence-electron chi connectivity index (χ0n) is 12.2. The Morgan fingerprint density at radius 2 is 2.42 bits per heavy atom. The van der Waals surface area contributed by atoms with E-state index in [-0.39, 0.29) is 6.04 Å². The van der Waals surface area contributed by atoms with Crippen molar-refractivity contribution in [3.05, 3.63) is 11.9 Å². The molecule has 1 aromatic rings. The zero-order chi connectivity index (χ0) is 13.7. The van der Waals surface area contributed by atoms with Crippen LogP contribution in [-0.2, 0) is 11.3 Å². The lowest BCUT2D eigenvalue weighted by Gasteiger charge is -2.23. The minimum atomic E-state index is 0.241. The molecule has 1 aliphatic heterocycles. The molecule has 1 fully saturated rings. The molecule has 108 valence electrons. The summed E-state index contributed by atoms with van der Waals surface area (Å²) in [5.74, 6) is 0.866. The number of aryl methyl sites for hydroxylation is 1. The van der Waals surface area contributed by atoms with Crippen molar-refractivity contribution in [2.24, 2.45) is 0 Å². The van der Waals surface area contributed by atoms with Crippen LogP contribution in [-0.4, -0.2) is 36.1 Å². The van der Waals surface area contributed by atoms with Gasteiger partial charge in [-0.25, -0.2) is 0 Å². The van der Waals surface area contributed by atoms with Crippen molar-refractivity contribution in [1.82, 2.24) is 15.1 Å². The molecule has 19 heavy (non-hydrogen) atoms. The van der Waals surface area contributed by atoms with Crippen molar-refractivity contribution in [2.45, 2.75) is 51.8 Å². The molecule has 0 radical (unpaired) electrons. The minimum Gasteiger partial charge on any atom is -0.493 e.